The summed E-state index contributed by atoms with van der Waals surface area (Å²) >= 11 is 0. The molecule has 6 heteroatoms. The van der Waals surface area contributed by atoms with Crippen LogP contribution in [0.5, 0.6) is 0 Å². The molecule has 3 rings (SSSR count). The third kappa shape index (κ3) is 4.54. The van der Waals surface area contributed by atoms with Gasteiger partial charge in [0.2, 0.25) is 5.91 Å². The molecule has 0 aliphatic heterocycles. The SMILES string of the molecule is NC(=O)Cn1ccc(NC(=O)c2cccc(Cc3ccccc3)c2)n1. The number of aromatic nitrogens is 2. The van der Waals surface area contributed by atoms with Gasteiger partial charge in [0.05, 0.1) is 0 Å². The molecule has 0 fully saturated rings. The van der Waals surface area contributed by atoms with Gasteiger partial charge in [0.15, 0.2) is 5.82 Å². The summed E-state index contributed by atoms with van der Waals surface area (Å²) in [4.78, 5) is 23.3. The highest BCUT2D eigenvalue weighted by atomic mass is 16.2. The molecule has 2 amide bonds. The molecule has 0 atom stereocenters. The van der Waals surface area contributed by atoms with Crippen LogP contribution in [0.3, 0.4) is 0 Å². The molecule has 1 aromatic heterocycles. The van der Waals surface area contributed by atoms with Gasteiger partial charge < -0.3 is 11.1 Å². The summed E-state index contributed by atoms with van der Waals surface area (Å²) in [6.07, 6.45) is 2.35. The van der Waals surface area contributed by atoms with Crippen molar-refractivity contribution in [2.75, 3.05) is 5.32 Å². The molecule has 0 saturated heterocycles. The zero-order chi connectivity index (χ0) is 17.6. The highest BCUT2D eigenvalue weighted by Crippen LogP contribution is 2.13. The lowest BCUT2D eigenvalue weighted by Crippen LogP contribution is -2.19. The van der Waals surface area contributed by atoms with Crippen molar-refractivity contribution >= 4 is 17.6 Å². The summed E-state index contributed by atoms with van der Waals surface area (Å²) in [6.45, 7) is -0.0254. The molecule has 1 heterocycles. The zero-order valence-corrected chi connectivity index (χ0v) is 13.6. The van der Waals surface area contributed by atoms with Crippen molar-refractivity contribution in [2.45, 2.75) is 13.0 Å². The second kappa shape index (κ2) is 7.44. The van der Waals surface area contributed by atoms with E-state index in [2.05, 4.69) is 22.5 Å². The van der Waals surface area contributed by atoms with E-state index in [-0.39, 0.29) is 12.5 Å². The fourth-order valence-electron chi connectivity index (χ4n) is 2.52. The minimum atomic E-state index is -0.491. The van der Waals surface area contributed by atoms with Crippen molar-refractivity contribution in [3.63, 3.8) is 0 Å². The van der Waals surface area contributed by atoms with Crippen LogP contribution >= 0.6 is 0 Å². The van der Waals surface area contributed by atoms with Gasteiger partial charge in [0.25, 0.3) is 5.91 Å². The zero-order valence-electron chi connectivity index (χ0n) is 13.6. The average Bonchev–Trinajstić information content (AvgIpc) is 3.02. The maximum Gasteiger partial charge on any atom is 0.256 e. The van der Waals surface area contributed by atoms with Crippen molar-refractivity contribution in [2.24, 2.45) is 5.73 Å². The summed E-state index contributed by atoms with van der Waals surface area (Å²) in [5.41, 5.74) is 7.91. The third-order valence-electron chi connectivity index (χ3n) is 3.64. The first-order valence-electron chi connectivity index (χ1n) is 7.86. The molecule has 0 radical (unpaired) electrons. The molecule has 0 aliphatic rings. The Morgan fingerprint density at radius 3 is 2.52 bits per heavy atom. The van der Waals surface area contributed by atoms with Crippen LogP contribution in [0.25, 0.3) is 0 Å². The van der Waals surface area contributed by atoms with E-state index in [0.717, 1.165) is 12.0 Å². The smallest absolute Gasteiger partial charge is 0.256 e. The minimum Gasteiger partial charge on any atom is -0.368 e. The van der Waals surface area contributed by atoms with E-state index < -0.39 is 5.91 Å². The van der Waals surface area contributed by atoms with Crippen LogP contribution in [-0.4, -0.2) is 21.6 Å². The molecule has 0 bridgehead atoms. The molecule has 0 saturated carbocycles. The van der Waals surface area contributed by atoms with Gasteiger partial charge in [-0.1, -0.05) is 42.5 Å². The Hall–Kier alpha value is -3.41. The second-order valence-corrected chi connectivity index (χ2v) is 5.68. The number of nitrogens with one attached hydrogen (secondary N) is 1. The van der Waals surface area contributed by atoms with E-state index in [0.29, 0.717) is 11.4 Å². The fraction of sp³-hybridized carbons (Fsp3) is 0.105. The number of carbonyl (C=O) groups is 2. The molecule has 3 aromatic rings. The van der Waals surface area contributed by atoms with Crippen molar-refractivity contribution in [1.82, 2.24) is 9.78 Å². The molecule has 126 valence electrons. The van der Waals surface area contributed by atoms with Gasteiger partial charge in [-0.25, -0.2) is 0 Å². The van der Waals surface area contributed by atoms with Crippen LogP contribution in [0.15, 0.2) is 66.9 Å². The van der Waals surface area contributed by atoms with Crippen LogP contribution in [0.4, 0.5) is 5.82 Å². The molecular formula is C19H18N4O2. The normalized spacial score (nSPS) is 10.4. The van der Waals surface area contributed by atoms with Crippen molar-refractivity contribution in [3.8, 4) is 0 Å². The number of amides is 2. The van der Waals surface area contributed by atoms with E-state index in [4.69, 9.17) is 5.73 Å². The standard InChI is InChI=1S/C19H18N4O2/c20-17(24)13-23-10-9-18(22-23)21-19(25)16-8-4-7-15(12-16)11-14-5-2-1-3-6-14/h1-10,12H,11,13H2,(H2,20,24)(H,21,22,25). The van der Waals surface area contributed by atoms with Gasteiger partial charge in [0.1, 0.15) is 6.54 Å². The maximum absolute atomic E-state index is 12.4. The number of hydrogen-bond donors (Lipinski definition) is 2. The second-order valence-electron chi connectivity index (χ2n) is 5.68. The first-order chi connectivity index (χ1) is 12.1. The Morgan fingerprint density at radius 2 is 1.76 bits per heavy atom. The lowest BCUT2D eigenvalue weighted by atomic mass is 10.0. The highest BCUT2D eigenvalue weighted by molar-refractivity contribution is 6.03. The minimum absolute atomic E-state index is 0.0254. The first kappa shape index (κ1) is 16.4. The highest BCUT2D eigenvalue weighted by Gasteiger charge is 2.09. The lowest BCUT2D eigenvalue weighted by molar-refractivity contribution is -0.118. The monoisotopic (exact) mass is 334 g/mol. The Labute approximate surface area is 145 Å². The Bertz CT molecular complexity index is 887. The summed E-state index contributed by atoms with van der Waals surface area (Å²) in [7, 11) is 0. The van der Waals surface area contributed by atoms with Gasteiger partial charge in [0, 0.05) is 17.8 Å². The van der Waals surface area contributed by atoms with Crippen molar-refractivity contribution in [1.29, 1.82) is 0 Å². The van der Waals surface area contributed by atoms with Crippen LogP contribution in [0.1, 0.15) is 21.5 Å². The molecule has 0 spiro atoms. The number of carbonyl (C=O) groups excluding carboxylic acids is 2. The lowest BCUT2D eigenvalue weighted by Gasteiger charge is -2.06. The Balaban J connectivity index is 1.69. The molecule has 2 aromatic carbocycles. The van der Waals surface area contributed by atoms with Crippen LogP contribution in [0.2, 0.25) is 0 Å². The quantitative estimate of drug-likeness (QED) is 0.724. The number of rotatable bonds is 6. The molecule has 0 aliphatic carbocycles. The van der Waals surface area contributed by atoms with E-state index >= 15 is 0 Å². The summed E-state index contributed by atoms with van der Waals surface area (Å²) < 4.78 is 1.38. The molecule has 6 nitrogen and oxygen atoms in total. The van der Waals surface area contributed by atoms with Crippen LogP contribution in [-0.2, 0) is 17.8 Å². The third-order valence-corrected chi connectivity index (χ3v) is 3.64. The number of nitrogens with two attached hydrogens (primary N) is 1. The summed E-state index contributed by atoms with van der Waals surface area (Å²) in [5.74, 6) is -0.367. The Kier molecular flexibility index (Phi) is 4.89. The average molecular weight is 334 g/mol. The van der Waals surface area contributed by atoms with E-state index in [1.165, 1.54) is 10.2 Å². The number of anilines is 1. The number of nitrogens with zero attached hydrogens (tertiary/aromatic N) is 2. The largest absolute Gasteiger partial charge is 0.368 e. The van der Waals surface area contributed by atoms with Gasteiger partial charge in [-0.05, 0) is 29.7 Å². The van der Waals surface area contributed by atoms with Crippen LogP contribution in [0, 0.1) is 0 Å². The predicted molar refractivity (Wildman–Crippen MR) is 95.1 cm³/mol. The molecule has 0 unspecified atom stereocenters. The van der Waals surface area contributed by atoms with Crippen molar-refractivity contribution in [3.05, 3.63) is 83.6 Å². The fourth-order valence-corrected chi connectivity index (χ4v) is 2.52. The van der Waals surface area contributed by atoms with Gasteiger partial charge in [-0.15, -0.1) is 0 Å². The molecular weight excluding hydrogens is 316 g/mol. The first-order valence-corrected chi connectivity index (χ1v) is 7.86. The van der Waals surface area contributed by atoms with Crippen LogP contribution < -0.4 is 11.1 Å². The summed E-state index contributed by atoms with van der Waals surface area (Å²) in [6, 6.07) is 19.2. The maximum atomic E-state index is 12.4. The van der Waals surface area contributed by atoms with Gasteiger partial charge in [-0.2, -0.15) is 5.10 Å². The molecule has 3 N–H and O–H groups in total. The van der Waals surface area contributed by atoms with E-state index in [1.807, 2.05) is 36.4 Å². The summed E-state index contributed by atoms with van der Waals surface area (Å²) in [5, 5.41) is 6.81. The topological polar surface area (TPSA) is 90.0 Å². The van der Waals surface area contributed by atoms with E-state index in [1.54, 1.807) is 18.3 Å². The number of hydrogen-bond acceptors (Lipinski definition) is 3. The van der Waals surface area contributed by atoms with Gasteiger partial charge in [-0.3, -0.25) is 14.3 Å². The van der Waals surface area contributed by atoms with E-state index in [9.17, 15) is 9.59 Å². The van der Waals surface area contributed by atoms with Gasteiger partial charge >= 0.3 is 0 Å². The molecule has 25 heavy (non-hydrogen) atoms. The number of primary amides is 1. The Morgan fingerprint density at radius 1 is 1.00 bits per heavy atom. The van der Waals surface area contributed by atoms with Crippen molar-refractivity contribution < 1.29 is 9.59 Å². The number of benzene rings is 2. The predicted octanol–water partition coefficient (Wildman–Crippen LogP) is 2.21.